The lowest BCUT2D eigenvalue weighted by Crippen LogP contribution is -1.94. The van der Waals surface area contributed by atoms with Crippen LogP contribution < -0.4 is 5.32 Å². The van der Waals surface area contributed by atoms with Gasteiger partial charge in [-0.1, -0.05) is 17.7 Å². The third kappa shape index (κ3) is 2.61. The van der Waals surface area contributed by atoms with Gasteiger partial charge in [0.15, 0.2) is 0 Å². The largest absolute Gasteiger partial charge is 0.354 e. The van der Waals surface area contributed by atoms with Crippen LogP contribution >= 0.6 is 11.6 Å². The number of halogens is 2. The Kier molecular flexibility index (Phi) is 3.50. The smallest absolute Gasteiger partial charge is 0.124 e. The topological polar surface area (TPSA) is 35.8 Å². The molecule has 2 aromatic rings. The molecule has 0 spiro atoms. The third-order valence-electron chi connectivity index (χ3n) is 2.55. The molecule has 1 N–H and O–H groups in total. The van der Waals surface area contributed by atoms with Gasteiger partial charge in [0.25, 0.3) is 0 Å². The van der Waals surface area contributed by atoms with E-state index in [-0.39, 0.29) is 5.56 Å². The van der Waals surface area contributed by atoms with Gasteiger partial charge in [-0.15, -0.1) is 0 Å². The maximum absolute atomic E-state index is 13.0. The van der Waals surface area contributed by atoms with Gasteiger partial charge >= 0.3 is 0 Å². The maximum Gasteiger partial charge on any atom is 0.124 e. The van der Waals surface area contributed by atoms with E-state index in [1.54, 1.807) is 6.07 Å². The quantitative estimate of drug-likeness (QED) is 0.869. The number of benzene rings is 2. The van der Waals surface area contributed by atoms with Crippen LogP contribution in [0.2, 0.25) is 5.02 Å². The summed E-state index contributed by atoms with van der Waals surface area (Å²) in [6, 6.07) is 11.5. The standard InChI is InChI=1S/C14H10ClFN2/c1-9-2-4-12(7-13(9)15)18-14-5-3-11(16)6-10(14)8-17/h2-7,18H,1H3. The summed E-state index contributed by atoms with van der Waals surface area (Å²) >= 11 is 6.01. The lowest BCUT2D eigenvalue weighted by atomic mass is 10.1. The second kappa shape index (κ2) is 5.07. The number of anilines is 2. The fourth-order valence-electron chi connectivity index (χ4n) is 1.54. The molecule has 0 bridgehead atoms. The Labute approximate surface area is 110 Å². The number of nitrogens with zero attached hydrogens (tertiary/aromatic N) is 1. The monoisotopic (exact) mass is 260 g/mol. The minimum absolute atomic E-state index is 0.256. The van der Waals surface area contributed by atoms with E-state index in [4.69, 9.17) is 16.9 Å². The lowest BCUT2D eigenvalue weighted by molar-refractivity contribution is 0.627. The van der Waals surface area contributed by atoms with Crippen LogP contribution in [0.25, 0.3) is 0 Å². The van der Waals surface area contributed by atoms with Crippen molar-refractivity contribution < 1.29 is 4.39 Å². The van der Waals surface area contributed by atoms with E-state index in [0.29, 0.717) is 10.7 Å². The molecule has 2 nitrogen and oxygen atoms in total. The van der Waals surface area contributed by atoms with Crippen molar-refractivity contribution in [3.8, 4) is 6.07 Å². The van der Waals surface area contributed by atoms with Crippen LogP contribution in [-0.4, -0.2) is 0 Å². The van der Waals surface area contributed by atoms with Gasteiger partial charge in [0.2, 0.25) is 0 Å². The maximum atomic E-state index is 13.0. The number of nitriles is 1. The second-order valence-corrected chi connectivity index (χ2v) is 4.30. The Morgan fingerprint density at radius 3 is 2.67 bits per heavy atom. The summed E-state index contributed by atoms with van der Waals surface area (Å²) in [7, 11) is 0. The highest BCUT2D eigenvalue weighted by atomic mass is 35.5. The zero-order valence-electron chi connectivity index (χ0n) is 9.67. The number of rotatable bonds is 2. The van der Waals surface area contributed by atoms with Gasteiger partial charge in [-0.2, -0.15) is 5.26 Å². The van der Waals surface area contributed by atoms with Crippen LogP contribution in [0, 0.1) is 24.1 Å². The van der Waals surface area contributed by atoms with E-state index in [9.17, 15) is 4.39 Å². The van der Waals surface area contributed by atoms with Crippen LogP contribution in [0.5, 0.6) is 0 Å². The first-order valence-corrected chi connectivity index (χ1v) is 5.71. The molecule has 0 radical (unpaired) electrons. The van der Waals surface area contributed by atoms with Gasteiger partial charge in [-0.3, -0.25) is 0 Å². The van der Waals surface area contributed by atoms with Crippen molar-refractivity contribution in [2.45, 2.75) is 6.92 Å². The van der Waals surface area contributed by atoms with Crippen LogP contribution in [0.1, 0.15) is 11.1 Å². The fraction of sp³-hybridized carbons (Fsp3) is 0.0714. The van der Waals surface area contributed by atoms with Gasteiger partial charge in [-0.05, 0) is 42.8 Å². The second-order valence-electron chi connectivity index (χ2n) is 3.89. The molecule has 0 amide bonds. The van der Waals surface area contributed by atoms with Crippen LogP contribution in [0.3, 0.4) is 0 Å². The summed E-state index contributed by atoms with van der Waals surface area (Å²) in [5.41, 5.74) is 2.54. The fourth-order valence-corrected chi connectivity index (χ4v) is 1.72. The Hall–Kier alpha value is -2.05. The van der Waals surface area contributed by atoms with Gasteiger partial charge < -0.3 is 5.32 Å². The predicted octanol–water partition coefficient (Wildman–Crippen LogP) is 4.40. The molecule has 2 aromatic carbocycles. The molecule has 0 aliphatic rings. The number of hydrogen-bond donors (Lipinski definition) is 1. The van der Waals surface area contributed by atoms with E-state index in [0.717, 1.165) is 11.3 Å². The van der Waals surface area contributed by atoms with E-state index in [1.807, 2.05) is 25.1 Å². The normalized spacial score (nSPS) is 9.89. The SMILES string of the molecule is Cc1ccc(Nc2ccc(F)cc2C#N)cc1Cl. The van der Waals surface area contributed by atoms with Gasteiger partial charge in [-0.25, -0.2) is 4.39 Å². The molecule has 0 heterocycles. The third-order valence-corrected chi connectivity index (χ3v) is 2.96. The first-order valence-electron chi connectivity index (χ1n) is 5.33. The highest BCUT2D eigenvalue weighted by Gasteiger charge is 2.05. The highest BCUT2D eigenvalue weighted by molar-refractivity contribution is 6.31. The van der Waals surface area contributed by atoms with Crippen molar-refractivity contribution >= 4 is 23.0 Å². The molecule has 0 fully saturated rings. The van der Waals surface area contributed by atoms with Crippen molar-refractivity contribution in [2.24, 2.45) is 0 Å². The molecule has 0 unspecified atom stereocenters. The van der Waals surface area contributed by atoms with E-state index < -0.39 is 5.82 Å². The van der Waals surface area contributed by atoms with Gasteiger partial charge in [0.1, 0.15) is 11.9 Å². The average Bonchev–Trinajstić information content (AvgIpc) is 2.36. The van der Waals surface area contributed by atoms with Crippen molar-refractivity contribution in [2.75, 3.05) is 5.32 Å². The molecule has 2 rings (SSSR count). The molecule has 0 atom stereocenters. The predicted molar refractivity (Wildman–Crippen MR) is 70.6 cm³/mol. The number of nitrogens with one attached hydrogen (secondary N) is 1. The molecular weight excluding hydrogens is 251 g/mol. The van der Waals surface area contributed by atoms with E-state index >= 15 is 0 Å². The molecule has 0 saturated carbocycles. The van der Waals surface area contributed by atoms with Crippen molar-refractivity contribution in [1.29, 1.82) is 5.26 Å². The number of aryl methyl sites for hydroxylation is 1. The summed E-state index contributed by atoms with van der Waals surface area (Å²) in [5.74, 6) is -0.431. The summed E-state index contributed by atoms with van der Waals surface area (Å²) in [5, 5.41) is 12.6. The molecule has 18 heavy (non-hydrogen) atoms. The molecule has 0 aromatic heterocycles. The first-order chi connectivity index (χ1) is 8.60. The lowest BCUT2D eigenvalue weighted by Gasteiger charge is -2.09. The molecule has 90 valence electrons. The molecule has 0 aliphatic carbocycles. The molecular formula is C14H10ClFN2. The Bertz CT molecular complexity index is 632. The summed E-state index contributed by atoms with van der Waals surface area (Å²) < 4.78 is 13.0. The minimum atomic E-state index is -0.431. The first kappa shape index (κ1) is 12.4. The zero-order chi connectivity index (χ0) is 13.1. The Morgan fingerprint density at radius 1 is 1.22 bits per heavy atom. The van der Waals surface area contributed by atoms with Crippen molar-refractivity contribution in [3.05, 3.63) is 58.4 Å². The van der Waals surface area contributed by atoms with Crippen LogP contribution in [0.15, 0.2) is 36.4 Å². The molecule has 0 saturated heterocycles. The minimum Gasteiger partial charge on any atom is -0.354 e. The average molecular weight is 261 g/mol. The zero-order valence-corrected chi connectivity index (χ0v) is 10.4. The van der Waals surface area contributed by atoms with Gasteiger partial charge in [0, 0.05) is 10.7 Å². The van der Waals surface area contributed by atoms with E-state index in [2.05, 4.69) is 5.32 Å². The Balaban J connectivity index is 2.34. The Morgan fingerprint density at radius 2 is 2.00 bits per heavy atom. The van der Waals surface area contributed by atoms with Crippen LogP contribution in [0.4, 0.5) is 15.8 Å². The van der Waals surface area contributed by atoms with Crippen molar-refractivity contribution in [1.82, 2.24) is 0 Å². The number of hydrogen-bond acceptors (Lipinski definition) is 2. The van der Waals surface area contributed by atoms with Crippen LogP contribution in [-0.2, 0) is 0 Å². The highest BCUT2D eigenvalue weighted by Crippen LogP contribution is 2.25. The van der Waals surface area contributed by atoms with Gasteiger partial charge in [0.05, 0.1) is 11.3 Å². The molecule has 4 heteroatoms. The van der Waals surface area contributed by atoms with E-state index in [1.165, 1.54) is 18.2 Å². The summed E-state index contributed by atoms with van der Waals surface area (Å²) in [4.78, 5) is 0. The summed E-state index contributed by atoms with van der Waals surface area (Å²) in [6.07, 6.45) is 0. The summed E-state index contributed by atoms with van der Waals surface area (Å²) in [6.45, 7) is 1.91. The molecule has 0 aliphatic heterocycles. The van der Waals surface area contributed by atoms with Crippen molar-refractivity contribution in [3.63, 3.8) is 0 Å².